The molecule has 21 heavy (non-hydrogen) atoms. The molecule has 3 nitrogen and oxygen atoms in total. The molecular formula is C16H11N3S2. The predicted molar refractivity (Wildman–Crippen MR) is 90.6 cm³/mol. The lowest BCUT2D eigenvalue weighted by Gasteiger charge is -2.00. The highest BCUT2D eigenvalue weighted by atomic mass is 32.1. The van der Waals surface area contributed by atoms with Gasteiger partial charge in [0.15, 0.2) is 0 Å². The van der Waals surface area contributed by atoms with Gasteiger partial charge in [0.05, 0.1) is 4.70 Å². The van der Waals surface area contributed by atoms with Gasteiger partial charge < -0.3 is 5.73 Å². The quantitative estimate of drug-likeness (QED) is 0.585. The van der Waals surface area contributed by atoms with Crippen LogP contribution in [0, 0.1) is 0 Å². The molecule has 0 atom stereocenters. The van der Waals surface area contributed by atoms with Gasteiger partial charge in [0.2, 0.25) is 0 Å². The van der Waals surface area contributed by atoms with Gasteiger partial charge in [-0.15, -0.1) is 22.7 Å². The number of hydrogen-bond acceptors (Lipinski definition) is 5. The number of thiazole rings is 1. The van der Waals surface area contributed by atoms with E-state index in [1.165, 1.54) is 10.4 Å². The Hall–Kier alpha value is -2.24. The van der Waals surface area contributed by atoms with Crippen LogP contribution in [-0.4, -0.2) is 9.97 Å². The Balaban J connectivity index is 1.98. The van der Waals surface area contributed by atoms with Gasteiger partial charge in [-0.25, -0.2) is 9.97 Å². The molecule has 1 aromatic carbocycles. The fourth-order valence-corrected chi connectivity index (χ4v) is 4.20. The Morgan fingerprint density at radius 2 is 1.90 bits per heavy atom. The van der Waals surface area contributed by atoms with Crippen molar-refractivity contribution in [2.24, 2.45) is 0 Å². The Bertz CT molecular complexity index is 896. The molecule has 0 aliphatic heterocycles. The summed E-state index contributed by atoms with van der Waals surface area (Å²) in [6.07, 6.45) is 3.63. The average Bonchev–Trinajstić information content (AvgIpc) is 3.18. The van der Waals surface area contributed by atoms with Gasteiger partial charge in [-0.3, -0.25) is 0 Å². The number of nitrogens with zero attached hydrogens (tertiary/aromatic N) is 2. The van der Waals surface area contributed by atoms with E-state index in [4.69, 9.17) is 5.73 Å². The van der Waals surface area contributed by atoms with Crippen molar-refractivity contribution in [1.82, 2.24) is 9.97 Å². The Kier molecular flexibility index (Phi) is 2.94. The summed E-state index contributed by atoms with van der Waals surface area (Å²) in [5, 5.41) is 3.96. The number of aromatic nitrogens is 2. The molecule has 0 fully saturated rings. The summed E-state index contributed by atoms with van der Waals surface area (Å²) in [7, 11) is 0. The molecule has 0 radical (unpaired) electrons. The minimum Gasteiger partial charge on any atom is -0.383 e. The first-order valence-electron chi connectivity index (χ1n) is 6.46. The maximum absolute atomic E-state index is 6.05. The highest BCUT2D eigenvalue weighted by molar-refractivity contribution is 7.23. The molecule has 0 aliphatic carbocycles. The fraction of sp³-hybridized carbons (Fsp3) is 0. The van der Waals surface area contributed by atoms with Crippen LogP contribution in [0.15, 0.2) is 54.2 Å². The predicted octanol–water partition coefficient (Wildman–Crippen LogP) is 4.67. The standard InChI is InChI=1S/C16H11N3S2/c17-15-11-8-13(10-4-2-1-3-5-10)21-14(11)12(9-19-15)16-18-6-7-20-16/h1-9H,(H2,17,19). The molecule has 0 spiro atoms. The number of fused-ring (bicyclic) bond motifs is 1. The summed E-state index contributed by atoms with van der Waals surface area (Å²) in [6, 6.07) is 12.4. The average molecular weight is 309 g/mol. The third kappa shape index (κ3) is 2.11. The second-order valence-electron chi connectivity index (χ2n) is 4.61. The topological polar surface area (TPSA) is 51.8 Å². The van der Waals surface area contributed by atoms with Gasteiger partial charge in [0.1, 0.15) is 10.8 Å². The molecule has 4 rings (SSSR count). The van der Waals surface area contributed by atoms with E-state index in [9.17, 15) is 0 Å². The maximum atomic E-state index is 6.05. The van der Waals surface area contributed by atoms with Crippen LogP contribution >= 0.6 is 22.7 Å². The molecule has 0 bridgehead atoms. The summed E-state index contributed by atoms with van der Waals surface area (Å²) >= 11 is 3.35. The van der Waals surface area contributed by atoms with Crippen molar-refractivity contribution in [3.05, 3.63) is 54.2 Å². The van der Waals surface area contributed by atoms with E-state index < -0.39 is 0 Å². The first-order chi connectivity index (χ1) is 10.3. The van der Waals surface area contributed by atoms with E-state index in [2.05, 4.69) is 28.2 Å². The van der Waals surface area contributed by atoms with Crippen LogP contribution < -0.4 is 5.73 Å². The van der Waals surface area contributed by atoms with Crippen LogP contribution in [0.2, 0.25) is 0 Å². The van der Waals surface area contributed by atoms with Crippen molar-refractivity contribution >= 4 is 38.6 Å². The number of nitrogens with two attached hydrogens (primary N) is 1. The summed E-state index contributed by atoms with van der Waals surface area (Å²) in [4.78, 5) is 9.91. The lowest BCUT2D eigenvalue weighted by atomic mass is 10.1. The lowest BCUT2D eigenvalue weighted by molar-refractivity contribution is 1.35. The summed E-state index contributed by atoms with van der Waals surface area (Å²) < 4.78 is 1.15. The molecule has 0 saturated carbocycles. The number of pyridine rings is 1. The Morgan fingerprint density at radius 3 is 2.67 bits per heavy atom. The highest BCUT2D eigenvalue weighted by Crippen LogP contribution is 2.41. The van der Waals surface area contributed by atoms with Crippen LogP contribution in [0.1, 0.15) is 0 Å². The molecule has 0 amide bonds. The van der Waals surface area contributed by atoms with Crippen molar-refractivity contribution < 1.29 is 0 Å². The smallest absolute Gasteiger partial charge is 0.132 e. The normalized spacial score (nSPS) is 11.0. The number of anilines is 1. The molecule has 0 unspecified atom stereocenters. The Labute approximate surface area is 129 Å². The molecule has 102 valence electrons. The second kappa shape index (κ2) is 4.95. The van der Waals surface area contributed by atoms with Gasteiger partial charge in [-0.05, 0) is 11.6 Å². The third-order valence-corrected chi connectivity index (χ3v) is 5.33. The SMILES string of the molecule is Nc1ncc(-c2nccs2)c2sc(-c3ccccc3)cc12. The largest absolute Gasteiger partial charge is 0.383 e. The fourth-order valence-electron chi connectivity index (χ4n) is 2.30. The van der Waals surface area contributed by atoms with E-state index >= 15 is 0 Å². The van der Waals surface area contributed by atoms with Crippen molar-refractivity contribution in [1.29, 1.82) is 0 Å². The molecule has 2 N–H and O–H groups in total. The minimum absolute atomic E-state index is 0.573. The molecule has 3 heterocycles. The number of benzene rings is 1. The van der Waals surface area contributed by atoms with E-state index in [0.717, 1.165) is 20.7 Å². The summed E-state index contributed by atoms with van der Waals surface area (Å²) in [6.45, 7) is 0. The monoisotopic (exact) mass is 309 g/mol. The molecule has 3 aromatic heterocycles. The summed E-state index contributed by atoms with van der Waals surface area (Å²) in [5.74, 6) is 0.573. The van der Waals surface area contributed by atoms with Crippen LogP contribution in [0.3, 0.4) is 0 Å². The van der Waals surface area contributed by atoms with Crippen LogP contribution in [0.5, 0.6) is 0 Å². The van der Waals surface area contributed by atoms with E-state index in [1.807, 2.05) is 36.0 Å². The Morgan fingerprint density at radius 1 is 1.05 bits per heavy atom. The zero-order valence-corrected chi connectivity index (χ0v) is 12.6. The first kappa shape index (κ1) is 12.5. The third-order valence-electron chi connectivity index (χ3n) is 3.31. The second-order valence-corrected chi connectivity index (χ2v) is 6.56. The number of rotatable bonds is 2. The van der Waals surface area contributed by atoms with Crippen LogP contribution in [-0.2, 0) is 0 Å². The maximum Gasteiger partial charge on any atom is 0.132 e. The zero-order chi connectivity index (χ0) is 14.2. The van der Waals surface area contributed by atoms with Crippen molar-refractivity contribution in [2.45, 2.75) is 0 Å². The minimum atomic E-state index is 0.573. The first-order valence-corrected chi connectivity index (χ1v) is 8.16. The number of hydrogen-bond donors (Lipinski definition) is 1. The van der Waals surface area contributed by atoms with Crippen molar-refractivity contribution in [3.8, 4) is 21.0 Å². The number of nitrogen functional groups attached to an aromatic ring is 1. The zero-order valence-electron chi connectivity index (χ0n) is 11.0. The summed E-state index contributed by atoms with van der Waals surface area (Å²) in [5.41, 5.74) is 8.30. The molecule has 0 saturated heterocycles. The van der Waals surface area contributed by atoms with Gasteiger partial charge in [-0.1, -0.05) is 30.3 Å². The van der Waals surface area contributed by atoms with Gasteiger partial charge in [0, 0.05) is 33.6 Å². The molecule has 0 aliphatic rings. The highest BCUT2D eigenvalue weighted by Gasteiger charge is 2.14. The van der Waals surface area contributed by atoms with Crippen molar-refractivity contribution in [3.63, 3.8) is 0 Å². The van der Waals surface area contributed by atoms with Gasteiger partial charge >= 0.3 is 0 Å². The number of thiophene rings is 1. The molecular weight excluding hydrogens is 298 g/mol. The van der Waals surface area contributed by atoms with Crippen molar-refractivity contribution in [2.75, 3.05) is 5.73 Å². The van der Waals surface area contributed by atoms with E-state index in [0.29, 0.717) is 5.82 Å². The van der Waals surface area contributed by atoms with Crippen LogP contribution in [0.25, 0.3) is 31.1 Å². The van der Waals surface area contributed by atoms with Gasteiger partial charge in [-0.2, -0.15) is 0 Å². The van der Waals surface area contributed by atoms with Gasteiger partial charge in [0.25, 0.3) is 0 Å². The van der Waals surface area contributed by atoms with Crippen LogP contribution in [0.4, 0.5) is 5.82 Å². The lowest BCUT2D eigenvalue weighted by Crippen LogP contribution is -1.90. The van der Waals surface area contributed by atoms with E-state index in [-0.39, 0.29) is 0 Å². The molecule has 4 aromatic rings. The van der Waals surface area contributed by atoms with E-state index in [1.54, 1.807) is 22.7 Å². The molecule has 5 heteroatoms.